The van der Waals surface area contributed by atoms with E-state index in [1.54, 1.807) is 29.0 Å². The second-order valence-electron chi connectivity index (χ2n) is 6.62. The van der Waals surface area contributed by atoms with Gasteiger partial charge in [-0.1, -0.05) is 18.2 Å². The molecule has 4 rings (SSSR count). The maximum Gasteiger partial charge on any atom is 0.272 e. The Bertz CT molecular complexity index is 888. The number of hydrogen-bond acceptors (Lipinski definition) is 4. The Labute approximate surface area is 149 Å². The zero-order chi connectivity index (χ0) is 18.3. The number of para-hydroxylation sites is 1. The molecule has 0 bridgehead atoms. The van der Waals surface area contributed by atoms with Gasteiger partial charge < -0.3 is 14.5 Å². The van der Waals surface area contributed by atoms with E-state index in [2.05, 4.69) is 5.10 Å². The topological polar surface area (TPSA) is 87.6 Å². The summed E-state index contributed by atoms with van der Waals surface area (Å²) >= 11 is 0. The zero-order valence-corrected chi connectivity index (χ0v) is 14.4. The highest BCUT2D eigenvalue weighted by Gasteiger charge is 2.42. The van der Waals surface area contributed by atoms with Crippen molar-refractivity contribution < 1.29 is 14.3 Å². The van der Waals surface area contributed by atoms with E-state index in [0.29, 0.717) is 31.8 Å². The largest absolute Gasteiger partial charge is 0.374 e. The zero-order valence-electron chi connectivity index (χ0n) is 14.4. The maximum absolute atomic E-state index is 12.8. The van der Waals surface area contributed by atoms with Gasteiger partial charge in [-0.3, -0.25) is 19.5 Å². The Morgan fingerprint density at radius 1 is 1.19 bits per heavy atom. The van der Waals surface area contributed by atoms with Crippen LogP contribution in [-0.2, 0) is 9.53 Å². The molecule has 2 aliphatic rings. The molecule has 2 aromatic rings. The number of rotatable bonds is 2. The van der Waals surface area contributed by atoms with Crippen molar-refractivity contribution in [2.45, 2.75) is 18.6 Å². The van der Waals surface area contributed by atoms with Crippen molar-refractivity contribution in [2.24, 2.45) is 0 Å². The number of carbonyl (C=O) groups excluding carboxylic acids is 2. The van der Waals surface area contributed by atoms with Gasteiger partial charge in [0.15, 0.2) is 0 Å². The van der Waals surface area contributed by atoms with E-state index < -0.39 is 0 Å². The molecule has 2 fully saturated rings. The second-order valence-corrected chi connectivity index (χ2v) is 6.62. The van der Waals surface area contributed by atoms with Crippen LogP contribution in [0.3, 0.4) is 0 Å². The number of aromatic amines is 1. The predicted molar refractivity (Wildman–Crippen MR) is 93.2 cm³/mol. The number of nitrogens with one attached hydrogen (secondary N) is 1. The average molecular weight is 356 g/mol. The molecule has 2 aliphatic heterocycles. The number of nitrogens with zero attached hydrogens (tertiary/aromatic N) is 3. The first-order chi connectivity index (χ1) is 12.5. The first-order valence-corrected chi connectivity index (χ1v) is 8.58. The van der Waals surface area contributed by atoms with Crippen LogP contribution in [-0.4, -0.2) is 70.3 Å². The molecule has 0 radical (unpaired) electrons. The minimum Gasteiger partial charge on any atom is -0.374 e. The molecule has 0 spiro atoms. The van der Waals surface area contributed by atoms with Gasteiger partial charge in [-0.25, -0.2) is 4.68 Å². The highest BCUT2D eigenvalue weighted by atomic mass is 16.5. The third-order valence-corrected chi connectivity index (χ3v) is 5.03. The van der Waals surface area contributed by atoms with Gasteiger partial charge in [0.1, 0.15) is 5.69 Å². The summed E-state index contributed by atoms with van der Waals surface area (Å²) in [7, 11) is 1.75. The van der Waals surface area contributed by atoms with Gasteiger partial charge in [0.2, 0.25) is 5.91 Å². The van der Waals surface area contributed by atoms with E-state index >= 15 is 0 Å². The molecule has 26 heavy (non-hydrogen) atoms. The molecule has 2 saturated heterocycles. The van der Waals surface area contributed by atoms with Crippen LogP contribution in [0.15, 0.2) is 41.2 Å². The molecule has 136 valence electrons. The van der Waals surface area contributed by atoms with Crippen LogP contribution in [0.5, 0.6) is 0 Å². The molecule has 8 nitrogen and oxygen atoms in total. The van der Waals surface area contributed by atoms with Gasteiger partial charge in [0, 0.05) is 26.2 Å². The van der Waals surface area contributed by atoms with Gasteiger partial charge in [-0.05, 0) is 12.1 Å². The van der Waals surface area contributed by atoms with Gasteiger partial charge >= 0.3 is 0 Å². The van der Waals surface area contributed by atoms with E-state index in [4.69, 9.17) is 4.74 Å². The standard InChI is InChI=1S/C18H20N4O4/c1-20-14-10-21(11-15(14)26-8-7-16(20)23)18(25)13-9-17(24)22(19-13)12-5-3-2-4-6-12/h2-6,9,14-15,19H,7-8,10-11H2,1H3/t14-,15-/m0/s1. The normalized spacial score (nSPS) is 23.0. The number of fused-ring (bicyclic) bond motifs is 1. The summed E-state index contributed by atoms with van der Waals surface area (Å²) in [6, 6.07) is 10.2. The van der Waals surface area contributed by atoms with Crippen LogP contribution in [0.1, 0.15) is 16.9 Å². The van der Waals surface area contributed by atoms with E-state index in [1.165, 1.54) is 10.7 Å². The maximum atomic E-state index is 12.8. The van der Waals surface area contributed by atoms with Gasteiger partial charge in [-0.15, -0.1) is 0 Å². The molecule has 1 aromatic heterocycles. The molecule has 0 saturated carbocycles. The van der Waals surface area contributed by atoms with E-state index in [1.807, 2.05) is 18.2 Å². The number of likely N-dealkylation sites (N-methyl/N-ethyl adjacent to an activating group) is 1. The van der Waals surface area contributed by atoms with Gasteiger partial charge in [0.05, 0.1) is 30.9 Å². The van der Waals surface area contributed by atoms with Crippen LogP contribution in [0.2, 0.25) is 0 Å². The quantitative estimate of drug-likeness (QED) is 0.835. The summed E-state index contributed by atoms with van der Waals surface area (Å²) in [6.07, 6.45) is 0.170. The number of amides is 2. The number of ether oxygens (including phenoxy) is 1. The van der Waals surface area contributed by atoms with Crippen LogP contribution in [0.4, 0.5) is 0 Å². The minimum absolute atomic E-state index is 0.0236. The number of hydrogen-bond donors (Lipinski definition) is 1. The second kappa shape index (κ2) is 6.45. The van der Waals surface area contributed by atoms with Crippen molar-refractivity contribution in [1.29, 1.82) is 0 Å². The Hall–Kier alpha value is -2.87. The molecule has 1 N–H and O–H groups in total. The molecule has 1 aromatic carbocycles. The van der Waals surface area contributed by atoms with Crippen LogP contribution >= 0.6 is 0 Å². The summed E-state index contributed by atoms with van der Waals surface area (Å²) in [4.78, 5) is 40.4. The van der Waals surface area contributed by atoms with Crippen molar-refractivity contribution in [3.05, 3.63) is 52.4 Å². The molecular formula is C18H20N4O4. The van der Waals surface area contributed by atoms with Crippen LogP contribution in [0, 0.1) is 0 Å². The molecule has 3 heterocycles. The molecular weight excluding hydrogens is 336 g/mol. The predicted octanol–water partition coefficient (Wildman–Crippen LogP) is 0.237. The summed E-state index contributed by atoms with van der Waals surface area (Å²) < 4.78 is 7.09. The molecule has 2 amide bonds. The Balaban J connectivity index is 1.56. The summed E-state index contributed by atoms with van der Waals surface area (Å²) in [5.41, 5.74) is 0.595. The fourth-order valence-corrected chi connectivity index (χ4v) is 3.56. The van der Waals surface area contributed by atoms with E-state index in [0.717, 1.165) is 0 Å². The third kappa shape index (κ3) is 2.82. The smallest absolute Gasteiger partial charge is 0.272 e. The lowest BCUT2D eigenvalue weighted by molar-refractivity contribution is -0.131. The van der Waals surface area contributed by atoms with E-state index in [9.17, 15) is 14.4 Å². The highest BCUT2D eigenvalue weighted by Crippen LogP contribution is 2.23. The lowest BCUT2D eigenvalue weighted by Gasteiger charge is -2.24. The molecule has 0 aliphatic carbocycles. The third-order valence-electron chi connectivity index (χ3n) is 5.03. The Morgan fingerprint density at radius 2 is 1.96 bits per heavy atom. The number of H-pyrrole nitrogens is 1. The molecule has 0 unspecified atom stereocenters. The van der Waals surface area contributed by atoms with Gasteiger partial charge in [0.25, 0.3) is 11.5 Å². The fourth-order valence-electron chi connectivity index (χ4n) is 3.56. The Morgan fingerprint density at radius 3 is 2.73 bits per heavy atom. The van der Waals surface area contributed by atoms with Crippen molar-refractivity contribution >= 4 is 11.8 Å². The number of aromatic nitrogens is 2. The Kier molecular flexibility index (Phi) is 4.12. The van der Waals surface area contributed by atoms with Crippen molar-refractivity contribution in [1.82, 2.24) is 19.6 Å². The van der Waals surface area contributed by atoms with Crippen molar-refractivity contribution in [3.63, 3.8) is 0 Å². The number of benzene rings is 1. The van der Waals surface area contributed by atoms with Crippen molar-refractivity contribution in [2.75, 3.05) is 26.7 Å². The molecule has 2 atom stereocenters. The van der Waals surface area contributed by atoms with Crippen LogP contribution in [0.25, 0.3) is 5.69 Å². The minimum atomic E-state index is -0.295. The van der Waals surface area contributed by atoms with Crippen LogP contribution < -0.4 is 5.56 Å². The average Bonchev–Trinajstić information content (AvgIpc) is 3.22. The highest BCUT2D eigenvalue weighted by molar-refractivity contribution is 5.92. The lowest BCUT2D eigenvalue weighted by atomic mass is 10.2. The number of likely N-dealkylation sites (tertiary alicyclic amines) is 1. The first kappa shape index (κ1) is 16.6. The SMILES string of the molecule is CN1C(=O)CCO[C@H]2CN(C(=O)c3cc(=O)n(-c4ccccc4)[nH]3)C[C@@H]21. The number of carbonyl (C=O) groups is 2. The van der Waals surface area contributed by atoms with Crippen molar-refractivity contribution in [3.8, 4) is 5.69 Å². The fraction of sp³-hybridized carbons (Fsp3) is 0.389. The summed E-state index contributed by atoms with van der Waals surface area (Å²) in [5.74, 6) is -0.246. The molecule has 8 heteroatoms. The monoisotopic (exact) mass is 356 g/mol. The summed E-state index contributed by atoms with van der Waals surface area (Å²) in [5, 5.41) is 2.88. The van der Waals surface area contributed by atoms with E-state index in [-0.39, 0.29) is 35.2 Å². The first-order valence-electron chi connectivity index (χ1n) is 8.58. The summed E-state index contributed by atoms with van der Waals surface area (Å²) in [6.45, 7) is 1.16. The van der Waals surface area contributed by atoms with Gasteiger partial charge in [-0.2, -0.15) is 0 Å². The lowest BCUT2D eigenvalue weighted by Crippen LogP contribution is -2.43.